The molecule has 0 amide bonds. The minimum absolute atomic E-state index is 0.0244. The van der Waals surface area contributed by atoms with Crippen molar-refractivity contribution >= 4 is 30.5 Å². The Balaban J connectivity index is 2.26. The van der Waals surface area contributed by atoms with Gasteiger partial charge in [-0.2, -0.15) is 15.2 Å². The molecule has 0 fully saturated rings. The smallest absolute Gasteiger partial charge is 0.350 e. The molecule has 0 saturated carbocycles. The lowest BCUT2D eigenvalue weighted by Gasteiger charge is -2.07. The average Bonchev–Trinajstić information content (AvgIpc) is 2.72. The molecule has 6 N–H and O–H groups in total. The molecule has 11 nitrogen and oxygen atoms in total. The van der Waals surface area contributed by atoms with E-state index in [2.05, 4.69) is 15.0 Å². The zero-order valence-electron chi connectivity index (χ0n) is 10.7. The Hall–Kier alpha value is -2.25. The van der Waals surface area contributed by atoms with Crippen LogP contribution in [0, 0.1) is 11.3 Å². The monoisotopic (exact) mass is 313 g/mol. The number of nitrogens with two attached hydrogens (primary N) is 2. The number of anilines is 2. The maximum atomic E-state index is 10.7. The van der Waals surface area contributed by atoms with Crippen LogP contribution in [0.25, 0.3) is 11.2 Å². The molecule has 12 heteroatoms. The van der Waals surface area contributed by atoms with Gasteiger partial charge in [-0.25, -0.2) is 4.98 Å². The number of nitrogen functional groups attached to an aromatic ring is 2. The first-order chi connectivity index (χ1) is 9.81. The van der Waals surface area contributed by atoms with E-state index in [4.69, 9.17) is 31.3 Å². The van der Waals surface area contributed by atoms with Crippen molar-refractivity contribution in [3.63, 3.8) is 0 Å². The van der Waals surface area contributed by atoms with Crippen LogP contribution in [0.15, 0.2) is 0 Å². The Morgan fingerprint density at radius 2 is 2.05 bits per heavy atom. The molecule has 0 bridgehead atoms. The molecule has 2 aromatic rings. The number of fused-ring (bicyclic) bond motifs is 1. The molecule has 0 atom stereocenters. The van der Waals surface area contributed by atoms with Crippen LogP contribution in [0.5, 0.6) is 0 Å². The lowest BCUT2D eigenvalue weighted by molar-refractivity contribution is 0.149. The normalized spacial score (nSPS) is 11.7. The summed E-state index contributed by atoms with van der Waals surface area (Å²) in [5.74, 6) is 0.00189. The third-order valence-electron chi connectivity index (χ3n) is 2.46. The van der Waals surface area contributed by atoms with Gasteiger partial charge in [0.05, 0.1) is 13.2 Å². The Morgan fingerprint density at radius 3 is 2.67 bits per heavy atom. The van der Waals surface area contributed by atoms with Crippen LogP contribution in [0.4, 0.5) is 11.8 Å². The van der Waals surface area contributed by atoms with Crippen molar-refractivity contribution in [3.05, 3.63) is 5.82 Å². The standard InChI is InChI=1S/C9H12N7O4P/c10-3-5-13-6-7(11)14-9(12)15-8(6)16(5)1-2-20-4-21(17,18)19/h1-2,4H2,(H2,17,18,19)(H4,11,12,14,15). The summed E-state index contributed by atoms with van der Waals surface area (Å²) >= 11 is 0. The molecule has 112 valence electrons. The molecule has 21 heavy (non-hydrogen) atoms. The van der Waals surface area contributed by atoms with Gasteiger partial charge >= 0.3 is 7.60 Å². The molecule has 2 rings (SSSR count). The van der Waals surface area contributed by atoms with Crippen LogP contribution in [-0.2, 0) is 15.8 Å². The van der Waals surface area contributed by atoms with Gasteiger partial charge in [-0.1, -0.05) is 0 Å². The van der Waals surface area contributed by atoms with Gasteiger partial charge in [0.15, 0.2) is 17.0 Å². The largest absolute Gasteiger partial charge is 0.382 e. The molecule has 0 spiro atoms. The predicted octanol–water partition coefficient (Wildman–Crippen LogP) is -0.986. The lowest BCUT2D eigenvalue weighted by atomic mass is 10.5. The molecular formula is C9H12N7O4P. The van der Waals surface area contributed by atoms with Crippen molar-refractivity contribution in [1.29, 1.82) is 5.26 Å². The zero-order valence-corrected chi connectivity index (χ0v) is 11.6. The summed E-state index contributed by atoms with van der Waals surface area (Å²) in [4.78, 5) is 29.1. The minimum Gasteiger partial charge on any atom is -0.382 e. The number of rotatable bonds is 5. The second-order valence-electron chi connectivity index (χ2n) is 4.04. The molecule has 2 aromatic heterocycles. The molecule has 0 radical (unpaired) electrons. The van der Waals surface area contributed by atoms with E-state index < -0.39 is 13.9 Å². The molecule has 0 aliphatic carbocycles. The first kappa shape index (κ1) is 15.1. The van der Waals surface area contributed by atoms with Crippen LogP contribution >= 0.6 is 7.60 Å². The van der Waals surface area contributed by atoms with Gasteiger partial charge < -0.3 is 26.0 Å². The fraction of sp³-hybridized carbons (Fsp3) is 0.333. The highest BCUT2D eigenvalue weighted by Crippen LogP contribution is 2.33. The zero-order chi connectivity index (χ0) is 15.6. The molecular weight excluding hydrogens is 301 g/mol. The van der Waals surface area contributed by atoms with E-state index in [0.29, 0.717) is 0 Å². The van der Waals surface area contributed by atoms with Crippen LogP contribution in [0.3, 0.4) is 0 Å². The summed E-state index contributed by atoms with van der Waals surface area (Å²) in [6.07, 6.45) is -0.708. The SMILES string of the molecule is N#Cc1nc2c(N)nc(N)nc2n1CCOCP(=O)(O)O. The van der Waals surface area contributed by atoms with Gasteiger partial charge in [-0.3, -0.25) is 9.13 Å². The number of aromatic nitrogens is 4. The quantitative estimate of drug-likeness (QED) is 0.394. The fourth-order valence-electron chi connectivity index (χ4n) is 1.68. The van der Waals surface area contributed by atoms with E-state index in [0.717, 1.165) is 0 Å². The topological polar surface area (TPSA) is 186 Å². The van der Waals surface area contributed by atoms with E-state index in [1.807, 2.05) is 6.07 Å². The Bertz CT molecular complexity index is 762. The summed E-state index contributed by atoms with van der Waals surface area (Å²) in [5.41, 5.74) is 11.6. The maximum absolute atomic E-state index is 10.7. The van der Waals surface area contributed by atoms with Crippen molar-refractivity contribution < 1.29 is 19.1 Å². The van der Waals surface area contributed by atoms with Gasteiger partial charge in [0.2, 0.25) is 11.8 Å². The van der Waals surface area contributed by atoms with Gasteiger partial charge in [0.25, 0.3) is 0 Å². The number of hydrogen-bond acceptors (Lipinski definition) is 8. The molecule has 0 unspecified atom stereocenters. The van der Waals surface area contributed by atoms with Gasteiger partial charge in [0.1, 0.15) is 12.4 Å². The van der Waals surface area contributed by atoms with E-state index in [9.17, 15) is 4.57 Å². The first-order valence-electron chi connectivity index (χ1n) is 5.63. The fourth-order valence-corrected chi connectivity index (χ4v) is 2.04. The van der Waals surface area contributed by atoms with Crippen molar-refractivity contribution in [2.24, 2.45) is 0 Å². The highest BCUT2D eigenvalue weighted by Gasteiger charge is 2.17. The van der Waals surface area contributed by atoms with Crippen LogP contribution in [0.2, 0.25) is 0 Å². The Kier molecular flexibility index (Phi) is 4.06. The van der Waals surface area contributed by atoms with E-state index >= 15 is 0 Å². The molecule has 2 heterocycles. The van der Waals surface area contributed by atoms with Crippen molar-refractivity contribution in [1.82, 2.24) is 19.5 Å². The summed E-state index contributed by atoms with van der Waals surface area (Å²) in [7, 11) is -4.23. The highest BCUT2D eigenvalue weighted by molar-refractivity contribution is 7.51. The van der Waals surface area contributed by atoms with Gasteiger partial charge in [0, 0.05) is 0 Å². The average molecular weight is 313 g/mol. The summed E-state index contributed by atoms with van der Waals surface area (Å²) < 4.78 is 16.9. The summed E-state index contributed by atoms with van der Waals surface area (Å²) in [6.45, 7) is 0.0599. The third kappa shape index (κ3) is 3.45. The summed E-state index contributed by atoms with van der Waals surface area (Å²) in [5, 5.41) is 9.05. The second kappa shape index (κ2) is 5.63. The number of hydrogen-bond donors (Lipinski definition) is 4. The van der Waals surface area contributed by atoms with Crippen molar-refractivity contribution in [2.75, 3.05) is 24.4 Å². The number of imidazole rings is 1. The maximum Gasteiger partial charge on any atom is 0.350 e. The Morgan fingerprint density at radius 1 is 1.33 bits per heavy atom. The number of ether oxygens (including phenoxy) is 1. The van der Waals surface area contributed by atoms with Crippen molar-refractivity contribution in [2.45, 2.75) is 6.54 Å². The predicted molar refractivity (Wildman–Crippen MR) is 71.7 cm³/mol. The molecule has 0 aliphatic rings. The van der Waals surface area contributed by atoms with Crippen molar-refractivity contribution in [3.8, 4) is 6.07 Å². The van der Waals surface area contributed by atoms with Gasteiger partial charge in [-0.15, -0.1) is 0 Å². The third-order valence-corrected chi connectivity index (χ3v) is 2.98. The summed E-state index contributed by atoms with van der Waals surface area (Å²) in [6, 6.07) is 1.87. The molecule has 0 aromatic carbocycles. The van der Waals surface area contributed by atoms with Crippen LogP contribution in [0.1, 0.15) is 5.82 Å². The lowest BCUT2D eigenvalue weighted by Crippen LogP contribution is -2.10. The van der Waals surface area contributed by atoms with Crippen LogP contribution in [-0.4, -0.2) is 42.3 Å². The number of nitriles is 1. The molecule has 0 saturated heterocycles. The Labute approximate surface area is 118 Å². The van der Waals surface area contributed by atoms with E-state index in [1.165, 1.54) is 4.57 Å². The molecule has 0 aliphatic heterocycles. The minimum atomic E-state index is -4.23. The first-order valence-corrected chi connectivity index (χ1v) is 7.43. The van der Waals surface area contributed by atoms with E-state index in [1.54, 1.807) is 0 Å². The second-order valence-corrected chi connectivity index (χ2v) is 5.63. The van der Waals surface area contributed by atoms with Crippen LogP contribution < -0.4 is 11.5 Å². The van der Waals surface area contributed by atoms with Gasteiger partial charge in [-0.05, 0) is 0 Å². The van der Waals surface area contributed by atoms with E-state index in [-0.39, 0.29) is 41.9 Å². The highest BCUT2D eigenvalue weighted by atomic mass is 31.2. The number of nitrogens with zero attached hydrogens (tertiary/aromatic N) is 5.